The van der Waals surface area contributed by atoms with Gasteiger partial charge in [0.2, 0.25) is 5.91 Å². The molecule has 1 aliphatic heterocycles. The molecule has 0 spiro atoms. The molecule has 0 bridgehead atoms. The first-order valence-corrected chi connectivity index (χ1v) is 10.1. The fourth-order valence-corrected chi connectivity index (χ4v) is 3.30. The second kappa shape index (κ2) is 9.67. The molecule has 4 rings (SSSR count). The van der Waals surface area contributed by atoms with Crippen LogP contribution in [-0.2, 0) is 11.3 Å². The Morgan fingerprint density at radius 1 is 0.968 bits per heavy atom. The zero-order valence-electron chi connectivity index (χ0n) is 17.0. The Morgan fingerprint density at radius 2 is 1.74 bits per heavy atom. The maximum atomic E-state index is 12.3. The number of rotatable bonds is 6. The van der Waals surface area contributed by atoms with Crippen LogP contribution in [0, 0.1) is 0 Å². The van der Waals surface area contributed by atoms with Gasteiger partial charge in [0.1, 0.15) is 11.5 Å². The highest BCUT2D eigenvalue weighted by molar-refractivity contribution is 5.89. The first-order chi connectivity index (χ1) is 15.2. The first kappa shape index (κ1) is 20.3. The van der Waals surface area contributed by atoms with E-state index in [2.05, 4.69) is 16.0 Å². The molecular formula is C24H24N4O3. The number of piperazine rings is 1. The van der Waals surface area contributed by atoms with E-state index < -0.39 is 0 Å². The van der Waals surface area contributed by atoms with Crippen molar-refractivity contribution in [2.45, 2.75) is 6.54 Å². The second-order valence-corrected chi connectivity index (χ2v) is 7.19. The van der Waals surface area contributed by atoms with E-state index in [-0.39, 0.29) is 11.9 Å². The predicted molar refractivity (Wildman–Crippen MR) is 120 cm³/mol. The molecule has 1 saturated heterocycles. The smallest absolute Gasteiger partial charge is 0.319 e. The lowest BCUT2D eigenvalue weighted by Crippen LogP contribution is -2.47. The van der Waals surface area contributed by atoms with Crippen LogP contribution < -0.4 is 25.6 Å². The minimum Gasteiger partial charge on any atom is -0.457 e. The summed E-state index contributed by atoms with van der Waals surface area (Å²) in [7, 11) is 0. The Morgan fingerprint density at radius 3 is 2.52 bits per heavy atom. The Labute approximate surface area is 181 Å². The molecule has 0 saturated carbocycles. The van der Waals surface area contributed by atoms with Gasteiger partial charge in [-0.15, -0.1) is 0 Å². The predicted octanol–water partition coefficient (Wildman–Crippen LogP) is 3.74. The van der Waals surface area contributed by atoms with Gasteiger partial charge < -0.3 is 25.6 Å². The van der Waals surface area contributed by atoms with Crippen LogP contribution in [0.3, 0.4) is 0 Å². The molecule has 0 atom stereocenters. The summed E-state index contributed by atoms with van der Waals surface area (Å²) in [4.78, 5) is 25.9. The molecule has 3 aromatic carbocycles. The number of amides is 3. The lowest BCUT2D eigenvalue weighted by Gasteiger charge is -2.28. The van der Waals surface area contributed by atoms with Crippen molar-refractivity contribution < 1.29 is 14.3 Å². The molecule has 7 heteroatoms. The molecular weight excluding hydrogens is 392 g/mol. The highest BCUT2D eigenvalue weighted by Gasteiger charge is 2.16. The van der Waals surface area contributed by atoms with E-state index in [1.165, 1.54) is 0 Å². The molecule has 31 heavy (non-hydrogen) atoms. The quantitative estimate of drug-likeness (QED) is 0.572. The summed E-state index contributed by atoms with van der Waals surface area (Å²) in [6.07, 6.45) is 0. The fraction of sp³-hybridized carbons (Fsp3) is 0.167. The van der Waals surface area contributed by atoms with Crippen molar-refractivity contribution in [2.24, 2.45) is 0 Å². The van der Waals surface area contributed by atoms with E-state index in [0.29, 0.717) is 31.1 Å². The molecule has 0 aromatic heterocycles. The maximum Gasteiger partial charge on any atom is 0.319 e. The topological polar surface area (TPSA) is 82.7 Å². The molecule has 0 radical (unpaired) electrons. The van der Waals surface area contributed by atoms with Gasteiger partial charge in [0.15, 0.2) is 0 Å². The Balaban J connectivity index is 1.28. The molecule has 0 aliphatic carbocycles. The van der Waals surface area contributed by atoms with Gasteiger partial charge in [0.05, 0.1) is 6.54 Å². The lowest BCUT2D eigenvalue weighted by atomic mass is 10.2. The summed E-state index contributed by atoms with van der Waals surface area (Å²) >= 11 is 0. The molecule has 158 valence electrons. The van der Waals surface area contributed by atoms with Gasteiger partial charge in [-0.3, -0.25) is 4.79 Å². The normalized spacial score (nSPS) is 13.3. The number of carbonyl (C=O) groups excluding carboxylic acids is 2. The van der Waals surface area contributed by atoms with Crippen molar-refractivity contribution >= 4 is 23.3 Å². The van der Waals surface area contributed by atoms with Crippen LogP contribution in [0.4, 0.5) is 16.2 Å². The largest absolute Gasteiger partial charge is 0.457 e. The van der Waals surface area contributed by atoms with E-state index in [1.54, 1.807) is 12.1 Å². The van der Waals surface area contributed by atoms with Gasteiger partial charge in [0.25, 0.3) is 0 Å². The zero-order chi connectivity index (χ0) is 21.5. The van der Waals surface area contributed by atoms with E-state index in [9.17, 15) is 9.59 Å². The highest BCUT2D eigenvalue weighted by Crippen LogP contribution is 2.23. The summed E-state index contributed by atoms with van der Waals surface area (Å²) in [5.74, 6) is 1.41. The first-order valence-electron chi connectivity index (χ1n) is 10.1. The van der Waals surface area contributed by atoms with Crippen LogP contribution in [0.1, 0.15) is 5.56 Å². The number of nitrogens with one attached hydrogen (secondary N) is 3. The third-order valence-corrected chi connectivity index (χ3v) is 4.86. The average Bonchev–Trinajstić information content (AvgIpc) is 2.79. The number of hydrogen-bond acceptors (Lipinski definition) is 4. The Hall–Kier alpha value is -4.00. The summed E-state index contributed by atoms with van der Waals surface area (Å²) in [6, 6.07) is 24.3. The summed E-state index contributed by atoms with van der Waals surface area (Å²) in [5, 5.41) is 8.50. The van der Waals surface area contributed by atoms with Gasteiger partial charge in [-0.2, -0.15) is 0 Å². The van der Waals surface area contributed by atoms with E-state index in [0.717, 1.165) is 23.5 Å². The van der Waals surface area contributed by atoms with Gasteiger partial charge in [-0.05, 0) is 42.0 Å². The van der Waals surface area contributed by atoms with Gasteiger partial charge >= 0.3 is 6.03 Å². The molecule has 1 heterocycles. The van der Waals surface area contributed by atoms with E-state index >= 15 is 0 Å². The van der Waals surface area contributed by atoms with Gasteiger partial charge in [0, 0.05) is 37.1 Å². The third-order valence-electron chi connectivity index (χ3n) is 4.86. The van der Waals surface area contributed by atoms with Crippen LogP contribution in [0.15, 0.2) is 78.9 Å². The number of hydrogen-bond donors (Lipinski definition) is 3. The molecule has 1 fully saturated rings. The number of urea groups is 1. The van der Waals surface area contributed by atoms with Crippen molar-refractivity contribution in [3.8, 4) is 11.5 Å². The van der Waals surface area contributed by atoms with Crippen LogP contribution >= 0.6 is 0 Å². The summed E-state index contributed by atoms with van der Waals surface area (Å²) in [6.45, 7) is 2.21. The van der Waals surface area contributed by atoms with Crippen LogP contribution in [0.25, 0.3) is 0 Å². The number of benzene rings is 3. The number of ether oxygens (including phenoxy) is 1. The number of anilines is 2. The average molecular weight is 416 g/mol. The lowest BCUT2D eigenvalue weighted by molar-refractivity contribution is -0.120. The second-order valence-electron chi connectivity index (χ2n) is 7.19. The molecule has 3 amide bonds. The third kappa shape index (κ3) is 5.76. The van der Waals surface area contributed by atoms with Crippen molar-refractivity contribution in [1.82, 2.24) is 10.6 Å². The molecule has 3 N–H and O–H groups in total. The van der Waals surface area contributed by atoms with Crippen molar-refractivity contribution in [3.05, 3.63) is 84.4 Å². The molecule has 0 unspecified atom stereocenters. The monoisotopic (exact) mass is 416 g/mol. The highest BCUT2D eigenvalue weighted by atomic mass is 16.5. The van der Waals surface area contributed by atoms with E-state index in [4.69, 9.17) is 4.74 Å². The Kier molecular flexibility index (Phi) is 6.32. The summed E-state index contributed by atoms with van der Waals surface area (Å²) < 4.78 is 5.80. The minimum atomic E-state index is -0.298. The fourth-order valence-electron chi connectivity index (χ4n) is 3.30. The van der Waals surface area contributed by atoms with Gasteiger partial charge in [-0.1, -0.05) is 36.4 Å². The van der Waals surface area contributed by atoms with Gasteiger partial charge in [-0.25, -0.2) is 4.79 Å². The van der Waals surface area contributed by atoms with Crippen LogP contribution in [0.5, 0.6) is 11.5 Å². The molecule has 3 aromatic rings. The Bertz CT molecular complexity index is 1040. The number of para-hydroxylation sites is 1. The SMILES string of the molecule is O=C1CN(c2ccc(CNC(=O)Nc3cccc(Oc4ccccc4)c3)cc2)CCN1. The number of carbonyl (C=O) groups is 2. The van der Waals surface area contributed by atoms with Crippen molar-refractivity contribution in [3.63, 3.8) is 0 Å². The van der Waals surface area contributed by atoms with Crippen LogP contribution in [-0.4, -0.2) is 31.6 Å². The molecule has 1 aliphatic rings. The molecule has 7 nitrogen and oxygen atoms in total. The van der Waals surface area contributed by atoms with Crippen molar-refractivity contribution in [1.29, 1.82) is 0 Å². The number of nitrogens with zero attached hydrogens (tertiary/aromatic N) is 1. The van der Waals surface area contributed by atoms with E-state index in [1.807, 2.05) is 71.6 Å². The van der Waals surface area contributed by atoms with Crippen molar-refractivity contribution in [2.75, 3.05) is 29.9 Å². The standard InChI is InChI=1S/C24H24N4O3/c29-23-17-28(14-13-25-23)20-11-9-18(10-12-20)16-26-24(30)27-19-5-4-8-22(15-19)31-21-6-2-1-3-7-21/h1-12,15H,13-14,16-17H2,(H,25,29)(H2,26,27,30). The van der Waals surface area contributed by atoms with Crippen LogP contribution in [0.2, 0.25) is 0 Å². The maximum absolute atomic E-state index is 12.3. The minimum absolute atomic E-state index is 0.0342. The summed E-state index contributed by atoms with van der Waals surface area (Å²) in [5.41, 5.74) is 2.62. The zero-order valence-corrected chi connectivity index (χ0v) is 17.0.